The molecule has 2 N–H and O–H groups in total. The summed E-state index contributed by atoms with van der Waals surface area (Å²) in [4.78, 5) is 0. The fraction of sp³-hybridized carbons (Fsp3) is 0.600. The minimum absolute atomic E-state index is 0.165. The molecular weight excluding hydrogens is 226 g/mol. The molecule has 18 heavy (non-hydrogen) atoms. The van der Waals surface area contributed by atoms with Crippen LogP contribution in [0.5, 0.6) is 5.75 Å². The molecule has 3 nitrogen and oxygen atoms in total. The van der Waals surface area contributed by atoms with Gasteiger partial charge in [0.1, 0.15) is 5.75 Å². The van der Waals surface area contributed by atoms with Crippen LogP contribution in [0.4, 0.5) is 0 Å². The molecule has 0 saturated carbocycles. The predicted octanol–water partition coefficient (Wildman–Crippen LogP) is 2.67. The molecule has 4 atom stereocenters. The molecule has 0 aliphatic carbocycles. The molecule has 3 rings (SSSR count). The molecule has 2 fully saturated rings. The van der Waals surface area contributed by atoms with Gasteiger partial charge in [-0.05, 0) is 39.2 Å². The molecule has 3 heteroatoms. The molecule has 98 valence electrons. The summed E-state index contributed by atoms with van der Waals surface area (Å²) in [7, 11) is 0. The number of fused-ring (bicyclic) bond motifs is 2. The number of phenolic OH excluding ortho intramolecular Hbond substituents is 1. The Labute approximate surface area is 108 Å². The molecule has 1 aromatic carbocycles. The number of nitrogens with one attached hydrogen (secondary N) is 1. The van der Waals surface area contributed by atoms with Gasteiger partial charge in [-0.1, -0.05) is 17.7 Å². The number of benzene rings is 1. The number of hydrogen-bond donors (Lipinski definition) is 2. The normalized spacial score (nSPS) is 31.8. The first kappa shape index (κ1) is 12.0. The zero-order valence-electron chi connectivity index (χ0n) is 11.0. The van der Waals surface area contributed by atoms with Crippen LogP contribution in [0.3, 0.4) is 0 Å². The van der Waals surface area contributed by atoms with E-state index in [-0.39, 0.29) is 6.04 Å². The van der Waals surface area contributed by atoms with Gasteiger partial charge < -0.3 is 15.2 Å². The van der Waals surface area contributed by atoms with Crippen LogP contribution in [0.25, 0.3) is 0 Å². The lowest BCUT2D eigenvalue weighted by molar-refractivity contribution is 0.0962. The molecule has 2 saturated heterocycles. The lowest BCUT2D eigenvalue weighted by Crippen LogP contribution is -2.39. The maximum Gasteiger partial charge on any atom is 0.120 e. The SMILES string of the molecule is Cc1ccc(O)c(C(C)NC2CC3CCC2O3)c1. The van der Waals surface area contributed by atoms with Crippen molar-refractivity contribution in [1.82, 2.24) is 5.32 Å². The predicted molar refractivity (Wildman–Crippen MR) is 70.7 cm³/mol. The van der Waals surface area contributed by atoms with Crippen molar-refractivity contribution in [1.29, 1.82) is 0 Å². The zero-order valence-corrected chi connectivity index (χ0v) is 11.0. The number of aryl methyl sites for hydroxylation is 1. The van der Waals surface area contributed by atoms with Gasteiger partial charge in [0.2, 0.25) is 0 Å². The molecule has 1 aromatic rings. The minimum atomic E-state index is 0.165. The quantitative estimate of drug-likeness (QED) is 0.863. The highest BCUT2D eigenvalue weighted by Gasteiger charge is 2.41. The largest absolute Gasteiger partial charge is 0.508 e. The maximum atomic E-state index is 9.94. The van der Waals surface area contributed by atoms with Crippen LogP contribution in [0.15, 0.2) is 18.2 Å². The monoisotopic (exact) mass is 247 g/mol. The van der Waals surface area contributed by atoms with E-state index >= 15 is 0 Å². The highest BCUT2D eigenvalue weighted by Crippen LogP contribution is 2.36. The molecule has 0 aromatic heterocycles. The van der Waals surface area contributed by atoms with Crippen molar-refractivity contribution in [3.63, 3.8) is 0 Å². The van der Waals surface area contributed by atoms with Crippen molar-refractivity contribution in [3.05, 3.63) is 29.3 Å². The van der Waals surface area contributed by atoms with Crippen LogP contribution in [-0.4, -0.2) is 23.4 Å². The van der Waals surface area contributed by atoms with Crippen molar-refractivity contribution in [3.8, 4) is 5.75 Å². The summed E-state index contributed by atoms with van der Waals surface area (Å²) in [6.07, 6.45) is 4.35. The van der Waals surface area contributed by atoms with Gasteiger partial charge >= 0.3 is 0 Å². The topological polar surface area (TPSA) is 41.5 Å². The highest BCUT2D eigenvalue weighted by atomic mass is 16.5. The number of ether oxygens (including phenoxy) is 1. The van der Waals surface area contributed by atoms with Crippen molar-refractivity contribution in [2.45, 2.75) is 57.4 Å². The molecular formula is C15H21NO2. The standard InChI is InChI=1S/C15H21NO2/c1-9-3-5-14(17)12(7-9)10(2)16-13-8-11-4-6-15(13)18-11/h3,5,7,10-11,13,15-17H,4,6,8H2,1-2H3. The van der Waals surface area contributed by atoms with Crippen molar-refractivity contribution >= 4 is 0 Å². The Bertz CT molecular complexity index is 446. The molecule has 0 radical (unpaired) electrons. The third kappa shape index (κ3) is 2.13. The molecule has 2 heterocycles. The zero-order chi connectivity index (χ0) is 12.7. The van der Waals surface area contributed by atoms with Gasteiger partial charge in [0.25, 0.3) is 0 Å². The second-order valence-corrected chi connectivity index (χ2v) is 5.67. The summed E-state index contributed by atoms with van der Waals surface area (Å²) in [5.74, 6) is 0.379. The Morgan fingerprint density at radius 3 is 2.89 bits per heavy atom. The highest BCUT2D eigenvalue weighted by molar-refractivity contribution is 5.37. The van der Waals surface area contributed by atoms with E-state index in [1.807, 2.05) is 6.07 Å². The lowest BCUT2D eigenvalue weighted by Gasteiger charge is -2.25. The number of rotatable bonds is 3. The van der Waals surface area contributed by atoms with Crippen LogP contribution in [0.1, 0.15) is 43.4 Å². The van der Waals surface area contributed by atoms with E-state index in [4.69, 9.17) is 4.74 Å². The maximum absolute atomic E-state index is 9.94. The Morgan fingerprint density at radius 1 is 1.39 bits per heavy atom. The first-order valence-corrected chi connectivity index (χ1v) is 6.84. The third-order valence-corrected chi connectivity index (χ3v) is 4.22. The molecule has 0 spiro atoms. The smallest absolute Gasteiger partial charge is 0.120 e. The minimum Gasteiger partial charge on any atom is -0.508 e. The summed E-state index contributed by atoms with van der Waals surface area (Å²) < 4.78 is 5.85. The van der Waals surface area contributed by atoms with Crippen LogP contribution < -0.4 is 5.32 Å². The van der Waals surface area contributed by atoms with Gasteiger partial charge in [-0.3, -0.25) is 0 Å². The van der Waals surface area contributed by atoms with Gasteiger partial charge in [-0.25, -0.2) is 0 Å². The van der Waals surface area contributed by atoms with Crippen LogP contribution in [-0.2, 0) is 4.74 Å². The first-order valence-electron chi connectivity index (χ1n) is 6.84. The van der Waals surface area contributed by atoms with Crippen LogP contribution in [0, 0.1) is 6.92 Å². The second kappa shape index (κ2) is 4.56. The van der Waals surface area contributed by atoms with E-state index in [1.165, 1.54) is 18.4 Å². The summed E-state index contributed by atoms with van der Waals surface area (Å²) in [5.41, 5.74) is 2.17. The van der Waals surface area contributed by atoms with Gasteiger partial charge in [0.05, 0.1) is 12.2 Å². The fourth-order valence-electron chi connectivity index (χ4n) is 3.24. The average molecular weight is 247 g/mol. The van der Waals surface area contributed by atoms with Gasteiger partial charge in [-0.15, -0.1) is 0 Å². The molecule has 2 bridgehead atoms. The number of hydrogen-bond acceptors (Lipinski definition) is 3. The van der Waals surface area contributed by atoms with E-state index in [1.54, 1.807) is 6.07 Å². The van der Waals surface area contributed by atoms with Crippen LogP contribution in [0.2, 0.25) is 0 Å². The van der Waals surface area contributed by atoms with E-state index in [2.05, 4.69) is 25.2 Å². The van der Waals surface area contributed by atoms with E-state index < -0.39 is 0 Å². The number of phenols is 1. The molecule has 0 amide bonds. The van der Waals surface area contributed by atoms with Crippen molar-refractivity contribution < 1.29 is 9.84 Å². The Balaban J connectivity index is 1.71. The summed E-state index contributed by atoms with van der Waals surface area (Å²) in [6.45, 7) is 4.16. The van der Waals surface area contributed by atoms with Gasteiger partial charge in [0, 0.05) is 17.6 Å². The Morgan fingerprint density at radius 2 is 2.22 bits per heavy atom. The first-order chi connectivity index (χ1) is 8.63. The van der Waals surface area contributed by atoms with Gasteiger partial charge in [0.15, 0.2) is 0 Å². The fourth-order valence-corrected chi connectivity index (χ4v) is 3.24. The summed E-state index contributed by atoms with van der Waals surface area (Å²) in [6, 6.07) is 6.38. The lowest BCUT2D eigenvalue weighted by atomic mass is 9.94. The van der Waals surface area contributed by atoms with Crippen molar-refractivity contribution in [2.75, 3.05) is 0 Å². The Kier molecular flexibility index (Phi) is 3.04. The summed E-state index contributed by atoms with van der Waals surface area (Å²) in [5, 5.41) is 13.5. The molecule has 2 aliphatic heterocycles. The summed E-state index contributed by atoms with van der Waals surface area (Å²) >= 11 is 0. The van der Waals surface area contributed by atoms with Gasteiger partial charge in [-0.2, -0.15) is 0 Å². The second-order valence-electron chi connectivity index (χ2n) is 5.67. The van der Waals surface area contributed by atoms with E-state index in [0.717, 1.165) is 12.0 Å². The van der Waals surface area contributed by atoms with Crippen LogP contribution >= 0.6 is 0 Å². The Hall–Kier alpha value is -1.06. The molecule has 2 aliphatic rings. The third-order valence-electron chi connectivity index (χ3n) is 4.22. The van der Waals surface area contributed by atoms with E-state index in [0.29, 0.717) is 24.0 Å². The van der Waals surface area contributed by atoms with Crippen molar-refractivity contribution in [2.24, 2.45) is 0 Å². The molecule has 4 unspecified atom stereocenters. The average Bonchev–Trinajstić information content (AvgIpc) is 2.94. The van der Waals surface area contributed by atoms with E-state index in [9.17, 15) is 5.11 Å². The number of aromatic hydroxyl groups is 1.